The maximum absolute atomic E-state index is 13.8. The van der Waals surface area contributed by atoms with Gasteiger partial charge in [-0.3, -0.25) is 9.89 Å². The molecule has 21 heavy (non-hydrogen) atoms. The first kappa shape index (κ1) is 13.7. The minimum atomic E-state index is -0.932. The van der Waals surface area contributed by atoms with Crippen molar-refractivity contribution in [3.05, 3.63) is 58.2 Å². The van der Waals surface area contributed by atoms with Crippen molar-refractivity contribution in [1.29, 1.82) is 0 Å². The van der Waals surface area contributed by atoms with Gasteiger partial charge in [0.25, 0.3) is 5.91 Å². The monoisotopic (exact) mass is 351 g/mol. The number of nitrogens with one attached hydrogen (secondary N) is 2. The molecule has 0 bridgehead atoms. The van der Waals surface area contributed by atoms with Crippen LogP contribution >= 0.6 is 15.9 Å². The molecule has 0 atom stereocenters. The summed E-state index contributed by atoms with van der Waals surface area (Å²) in [5.74, 6) is -2.72. The number of amides is 1. The first-order chi connectivity index (χ1) is 10.1. The SMILES string of the molecule is O=C(Nc1cccc2[nH]ncc12)c1c(F)cc(Br)cc1F. The Hall–Kier alpha value is -2.28. The van der Waals surface area contributed by atoms with E-state index in [1.165, 1.54) is 6.20 Å². The van der Waals surface area contributed by atoms with Gasteiger partial charge in [-0.2, -0.15) is 5.10 Å². The van der Waals surface area contributed by atoms with Gasteiger partial charge in [0.15, 0.2) is 0 Å². The molecule has 2 N–H and O–H groups in total. The van der Waals surface area contributed by atoms with Crippen LogP contribution in [0.15, 0.2) is 41.0 Å². The van der Waals surface area contributed by atoms with Crippen LogP contribution in [0.25, 0.3) is 10.9 Å². The molecule has 0 aliphatic carbocycles. The molecule has 1 amide bonds. The zero-order valence-electron chi connectivity index (χ0n) is 10.5. The number of hydrogen-bond acceptors (Lipinski definition) is 2. The highest BCUT2D eigenvalue weighted by atomic mass is 79.9. The van der Waals surface area contributed by atoms with Crippen molar-refractivity contribution in [3.63, 3.8) is 0 Å². The zero-order chi connectivity index (χ0) is 15.0. The van der Waals surface area contributed by atoms with Gasteiger partial charge in [-0.05, 0) is 24.3 Å². The number of hydrogen-bond donors (Lipinski definition) is 2. The molecule has 3 aromatic rings. The number of aromatic amines is 1. The Bertz CT molecular complexity index is 824. The van der Waals surface area contributed by atoms with Crippen LogP contribution in [-0.4, -0.2) is 16.1 Å². The molecule has 3 rings (SSSR count). The van der Waals surface area contributed by atoms with Gasteiger partial charge in [-0.1, -0.05) is 22.0 Å². The average molecular weight is 352 g/mol. The Morgan fingerprint density at radius 1 is 1.24 bits per heavy atom. The lowest BCUT2D eigenvalue weighted by molar-refractivity contribution is 0.101. The van der Waals surface area contributed by atoms with Crippen LogP contribution in [0.3, 0.4) is 0 Å². The van der Waals surface area contributed by atoms with E-state index in [9.17, 15) is 13.6 Å². The van der Waals surface area contributed by atoms with Crippen LogP contribution in [0.5, 0.6) is 0 Å². The summed E-state index contributed by atoms with van der Waals surface area (Å²) in [6, 6.07) is 7.18. The number of nitrogens with zero attached hydrogens (tertiary/aromatic N) is 1. The average Bonchev–Trinajstić information content (AvgIpc) is 2.86. The third-order valence-electron chi connectivity index (χ3n) is 2.97. The Labute approximate surface area is 126 Å². The maximum atomic E-state index is 13.8. The van der Waals surface area contributed by atoms with E-state index < -0.39 is 23.1 Å². The molecular weight excluding hydrogens is 344 g/mol. The van der Waals surface area contributed by atoms with Gasteiger partial charge in [0, 0.05) is 9.86 Å². The quantitative estimate of drug-likeness (QED) is 0.736. The van der Waals surface area contributed by atoms with E-state index >= 15 is 0 Å². The van der Waals surface area contributed by atoms with Crippen LogP contribution in [0, 0.1) is 11.6 Å². The van der Waals surface area contributed by atoms with Crippen molar-refractivity contribution in [3.8, 4) is 0 Å². The lowest BCUT2D eigenvalue weighted by atomic mass is 10.1. The number of H-pyrrole nitrogens is 1. The standard InChI is InChI=1S/C14H8BrF2N3O/c15-7-4-9(16)13(10(17)5-7)14(21)19-11-2-1-3-12-8(11)6-18-20-12/h1-6H,(H,18,20)(H,19,21). The Balaban J connectivity index is 1.99. The highest BCUT2D eigenvalue weighted by Crippen LogP contribution is 2.24. The summed E-state index contributed by atoms with van der Waals surface area (Å²) >= 11 is 2.97. The second-order valence-electron chi connectivity index (χ2n) is 4.34. The number of rotatable bonds is 2. The first-order valence-corrected chi connectivity index (χ1v) is 6.73. The molecule has 0 saturated heterocycles. The smallest absolute Gasteiger partial charge is 0.261 e. The largest absolute Gasteiger partial charge is 0.321 e. The summed E-state index contributed by atoms with van der Waals surface area (Å²) in [5, 5.41) is 9.76. The van der Waals surface area contributed by atoms with Crippen LogP contribution in [0.4, 0.5) is 14.5 Å². The summed E-state index contributed by atoms with van der Waals surface area (Å²) in [4.78, 5) is 12.1. The highest BCUT2D eigenvalue weighted by Gasteiger charge is 2.19. The predicted octanol–water partition coefficient (Wildman–Crippen LogP) is 3.86. The summed E-state index contributed by atoms with van der Waals surface area (Å²) in [7, 11) is 0. The van der Waals surface area contributed by atoms with E-state index in [2.05, 4.69) is 31.4 Å². The molecule has 106 valence electrons. The van der Waals surface area contributed by atoms with E-state index in [1.807, 2.05) is 0 Å². The van der Waals surface area contributed by atoms with Gasteiger partial charge in [-0.25, -0.2) is 8.78 Å². The minimum Gasteiger partial charge on any atom is -0.321 e. The molecule has 1 heterocycles. The first-order valence-electron chi connectivity index (χ1n) is 5.94. The second kappa shape index (κ2) is 5.25. The van der Waals surface area contributed by atoms with Crippen molar-refractivity contribution in [2.45, 2.75) is 0 Å². The molecule has 4 nitrogen and oxygen atoms in total. The topological polar surface area (TPSA) is 57.8 Å². The number of halogens is 3. The van der Waals surface area contributed by atoms with Gasteiger partial charge in [0.1, 0.15) is 17.2 Å². The molecule has 0 saturated carbocycles. The van der Waals surface area contributed by atoms with E-state index in [0.29, 0.717) is 16.6 Å². The van der Waals surface area contributed by atoms with Gasteiger partial charge < -0.3 is 5.32 Å². The number of carbonyl (C=O) groups excluding carboxylic acids is 1. The van der Waals surface area contributed by atoms with Gasteiger partial charge in [0.2, 0.25) is 0 Å². The number of benzene rings is 2. The van der Waals surface area contributed by atoms with E-state index in [-0.39, 0.29) is 4.47 Å². The molecule has 0 radical (unpaired) electrons. The number of carbonyl (C=O) groups is 1. The molecule has 2 aromatic carbocycles. The third-order valence-corrected chi connectivity index (χ3v) is 3.42. The molecule has 1 aromatic heterocycles. The molecule has 0 spiro atoms. The molecule has 0 unspecified atom stereocenters. The summed E-state index contributed by atoms with van der Waals surface area (Å²) in [6.07, 6.45) is 1.53. The fourth-order valence-electron chi connectivity index (χ4n) is 2.02. The highest BCUT2D eigenvalue weighted by molar-refractivity contribution is 9.10. The number of fused-ring (bicyclic) bond motifs is 1. The fourth-order valence-corrected chi connectivity index (χ4v) is 2.42. The van der Waals surface area contributed by atoms with Crippen LogP contribution < -0.4 is 5.32 Å². The van der Waals surface area contributed by atoms with Crippen molar-refractivity contribution in [2.75, 3.05) is 5.32 Å². The van der Waals surface area contributed by atoms with Crippen molar-refractivity contribution in [1.82, 2.24) is 10.2 Å². The van der Waals surface area contributed by atoms with Crippen LogP contribution in [0.1, 0.15) is 10.4 Å². The van der Waals surface area contributed by atoms with Crippen LogP contribution in [0.2, 0.25) is 0 Å². The van der Waals surface area contributed by atoms with E-state index in [1.54, 1.807) is 18.2 Å². The van der Waals surface area contributed by atoms with E-state index in [4.69, 9.17) is 0 Å². The Morgan fingerprint density at radius 2 is 1.95 bits per heavy atom. The number of aromatic nitrogens is 2. The molecule has 0 fully saturated rings. The normalized spacial score (nSPS) is 10.8. The summed E-state index contributed by atoms with van der Waals surface area (Å²) in [5.41, 5.74) is 0.510. The van der Waals surface area contributed by atoms with Crippen molar-refractivity contribution < 1.29 is 13.6 Å². The van der Waals surface area contributed by atoms with Crippen molar-refractivity contribution in [2.24, 2.45) is 0 Å². The molecule has 0 aliphatic heterocycles. The fraction of sp³-hybridized carbons (Fsp3) is 0. The number of anilines is 1. The Morgan fingerprint density at radius 3 is 2.67 bits per heavy atom. The van der Waals surface area contributed by atoms with Gasteiger partial charge in [-0.15, -0.1) is 0 Å². The lowest BCUT2D eigenvalue weighted by Gasteiger charge is -2.08. The molecular formula is C14H8BrF2N3O. The van der Waals surface area contributed by atoms with E-state index in [0.717, 1.165) is 12.1 Å². The maximum Gasteiger partial charge on any atom is 0.261 e. The summed E-state index contributed by atoms with van der Waals surface area (Å²) in [6.45, 7) is 0. The molecule has 7 heteroatoms. The van der Waals surface area contributed by atoms with Crippen LogP contribution in [-0.2, 0) is 0 Å². The minimum absolute atomic E-state index is 0.228. The predicted molar refractivity (Wildman–Crippen MR) is 78.1 cm³/mol. The second-order valence-corrected chi connectivity index (χ2v) is 5.25. The lowest BCUT2D eigenvalue weighted by Crippen LogP contribution is -2.16. The zero-order valence-corrected chi connectivity index (χ0v) is 12.0. The Kier molecular flexibility index (Phi) is 3.42. The van der Waals surface area contributed by atoms with Crippen molar-refractivity contribution >= 4 is 38.4 Å². The van der Waals surface area contributed by atoms with Gasteiger partial charge in [0.05, 0.1) is 17.4 Å². The summed E-state index contributed by atoms with van der Waals surface area (Å²) < 4.78 is 27.8. The molecule has 0 aliphatic rings. The van der Waals surface area contributed by atoms with Gasteiger partial charge >= 0.3 is 0 Å². The third kappa shape index (κ3) is 2.52.